The fourth-order valence-electron chi connectivity index (χ4n) is 2.22. The molecule has 0 aliphatic carbocycles. The molecule has 0 spiro atoms. The van der Waals surface area contributed by atoms with Crippen LogP contribution in [0.15, 0.2) is 59.1 Å². The Kier molecular flexibility index (Phi) is 4.98. The highest BCUT2D eigenvalue weighted by atomic mass is 32.2. The normalized spacial score (nSPS) is 13.0. The molecule has 0 bridgehead atoms. The van der Waals surface area contributed by atoms with Crippen LogP contribution in [0.1, 0.15) is 0 Å². The van der Waals surface area contributed by atoms with Gasteiger partial charge in [0, 0.05) is 23.6 Å². The molecule has 3 N–H and O–H groups in total. The lowest BCUT2D eigenvalue weighted by atomic mass is 10.2. The number of carbonyl (C=O) groups excluding carboxylic acids is 1. The molecule has 3 rings (SSSR count). The van der Waals surface area contributed by atoms with Crippen molar-refractivity contribution in [1.82, 2.24) is 0 Å². The second-order valence-electron chi connectivity index (χ2n) is 5.34. The Labute approximate surface area is 154 Å². The highest BCUT2D eigenvalue weighted by molar-refractivity contribution is 7.85. The lowest BCUT2D eigenvalue weighted by Gasteiger charge is -2.07. The van der Waals surface area contributed by atoms with Gasteiger partial charge in [0.15, 0.2) is 11.5 Å². The number of anilines is 2. The number of rotatable bonds is 5. The number of carbonyl (C=O) groups is 1. The molecule has 2 aromatic carbocycles. The highest BCUT2D eigenvalue weighted by Gasteiger charge is 2.15. The summed E-state index contributed by atoms with van der Waals surface area (Å²) in [6, 6.07) is 11.8. The summed E-state index contributed by atoms with van der Waals surface area (Å²) in [4.78, 5) is 11.8. The summed E-state index contributed by atoms with van der Waals surface area (Å²) in [6.45, 7) is 0.128. The van der Waals surface area contributed by atoms with E-state index in [0.29, 0.717) is 17.2 Å². The van der Waals surface area contributed by atoms with E-state index in [1.165, 1.54) is 24.4 Å². The summed E-state index contributed by atoms with van der Waals surface area (Å²) < 4.78 is 41.8. The van der Waals surface area contributed by atoms with E-state index in [4.69, 9.17) is 14.0 Å². The molecule has 1 amide bonds. The zero-order chi connectivity index (χ0) is 19.4. The third-order valence-corrected chi connectivity index (χ3v) is 4.36. The minimum absolute atomic E-state index is 0.111. The smallest absolute Gasteiger partial charge is 0.294 e. The SMILES string of the molecule is N#C/C(=C/Nc1ccc2c(c1)OCO2)C(=O)Nc1cccc(S(=O)(=O)O)c1. The predicted octanol–water partition coefficient (Wildman–Crippen LogP) is 2.12. The van der Waals surface area contributed by atoms with E-state index in [9.17, 15) is 18.5 Å². The molecule has 10 heteroatoms. The number of nitrogens with zero attached hydrogens (tertiary/aromatic N) is 1. The molecule has 0 saturated carbocycles. The standard InChI is InChI=1S/C17H13N3O6S/c18-8-11(9-19-12-4-5-15-16(7-12)26-10-25-15)17(21)20-13-2-1-3-14(6-13)27(22,23)24/h1-7,9,19H,10H2,(H,20,21)(H,22,23,24)/b11-9-. The van der Waals surface area contributed by atoms with Gasteiger partial charge >= 0.3 is 0 Å². The number of fused-ring (bicyclic) bond motifs is 1. The molecule has 1 aliphatic rings. The maximum Gasteiger partial charge on any atom is 0.294 e. The summed E-state index contributed by atoms with van der Waals surface area (Å²) in [6.07, 6.45) is 1.21. The van der Waals surface area contributed by atoms with Crippen LogP contribution in [-0.2, 0) is 14.9 Å². The van der Waals surface area contributed by atoms with Gasteiger partial charge in [-0.3, -0.25) is 9.35 Å². The van der Waals surface area contributed by atoms with Crippen LogP contribution in [0.4, 0.5) is 11.4 Å². The van der Waals surface area contributed by atoms with Gasteiger partial charge in [0.1, 0.15) is 11.6 Å². The molecule has 0 radical (unpaired) electrons. The summed E-state index contributed by atoms with van der Waals surface area (Å²) in [7, 11) is -4.40. The van der Waals surface area contributed by atoms with Crippen molar-refractivity contribution in [2.45, 2.75) is 4.90 Å². The molecule has 0 fully saturated rings. The summed E-state index contributed by atoms with van der Waals surface area (Å²) in [5.74, 6) is 0.387. The monoisotopic (exact) mass is 387 g/mol. The Morgan fingerprint density at radius 2 is 1.93 bits per heavy atom. The zero-order valence-corrected chi connectivity index (χ0v) is 14.5. The number of benzene rings is 2. The van der Waals surface area contributed by atoms with Gasteiger partial charge in [0.25, 0.3) is 16.0 Å². The molecular formula is C17H13N3O6S. The van der Waals surface area contributed by atoms with E-state index in [-0.39, 0.29) is 22.9 Å². The van der Waals surface area contributed by atoms with Gasteiger partial charge in [0.2, 0.25) is 6.79 Å². The van der Waals surface area contributed by atoms with Gasteiger partial charge in [-0.2, -0.15) is 13.7 Å². The van der Waals surface area contributed by atoms with Crippen molar-refractivity contribution in [1.29, 1.82) is 5.26 Å². The Morgan fingerprint density at radius 1 is 1.15 bits per heavy atom. The van der Waals surface area contributed by atoms with Crippen LogP contribution >= 0.6 is 0 Å². The average molecular weight is 387 g/mol. The summed E-state index contributed by atoms with van der Waals surface area (Å²) in [5, 5.41) is 14.4. The number of amides is 1. The van der Waals surface area contributed by atoms with Crippen LogP contribution in [0.5, 0.6) is 11.5 Å². The van der Waals surface area contributed by atoms with E-state index in [1.807, 2.05) is 0 Å². The Bertz CT molecular complexity index is 1070. The molecule has 2 aromatic rings. The zero-order valence-electron chi connectivity index (χ0n) is 13.7. The average Bonchev–Trinajstić information content (AvgIpc) is 3.09. The second kappa shape index (κ2) is 7.36. The summed E-state index contributed by atoms with van der Waals surface area (Å²) in [5.41, 5.74) is 0.442. The number of nitrogens with one attached hydrogen (secondary N) is 2. The molecule has 1 aliphatic heterocycles. The van der Waals surface area contributed by atoms with Gasteiger partial charge in [-0.05, 0) is 30.3 Å². The van der Waals surface area contributed by atoms with Crippen molar-refractivity contribution < 1.29 is 27.2 Å². The van der Waals surface area contributed by atoms with Gasteiger partial charge in [-0.15, -0.1) is 0 Å². The minimum atomic E-state index is -4.40. The highest BCUT2D eigenvalue weighted by Crippen LogP contribution is 2.34. The van der Waals surface area contributed by atoms with Crippen molar-refractivity contribution in [2.75, 3.05) is 17.4 Å². The molecule has 27 heavy (non-hydrogen) atoms. The number of hydrogen-bond acceptors (Lipinski definition) is 7. The van der Waals surface area contributed by atoms with E-state index in [1.54, 1.807) is 24.3 Å². The van der Waals surface area contributed by atoms with Crippen molar-refractivity contribution in [2.24, 2.45) is 0 Å². The molecule has 138 valence electrons. The number of ether oxygens (including phenoxy) is 2. The van der Waals surface area contributed by atoms with Gasteiger partial charge in [0.05, 0.1) is 4.90 Å². The van der Waals surface area contributed by atoms with Crippen molar-refractivity contribution in [3.63, 3.8) is 0 Å². The quantitative estimate of drug-likeness (QED) is 0.403. The summed E-state index contributed by atoms with van der Waals surface area (Å²) >= 11 is 0. The largest absolute Gasteiger partial charge is 0.454 e. The Balaban J connectivity index is 1.73. The molecule has 1 heterocycles. The maximum absolute atomic E-state index is 12.2. The first-order valence-electron chi connectivity index (χ1n) is 7.52. The first-order chi connectivity index (χ1) is 12.9. The molecular weight excluding hydrogens is 374 g/mol. The van der Waals surface area contributed by atoms with Crippen molar-refractivity contribution in [3.8, 4) is 17.6 Å². The first kappa shape index (κ1) is 18.2. The molecule has 0 aromatic heterocycles. The van der Waals surface area contributed by atoms with Crippen molar-refractivity contribution in [3.05, 3.63) is 54.2 Å². The van der Waals surface area contributed by atoms with Crippen LogP contribution in [-0.4, -0.2) is 25.7 Å². The van der Waals surface area contributed by atoms with Crippen molar-refractivity contribution >= 4 is 27.4 Å². The van der Waals surface area contributed by atoms with E-state index in [0.717, 1.165) is 6.07 Å². The van der Waals surface area contributed by atoms with E-state index >= 15 is 0 Å². The fraction of sp³-hybridized carbons (Fsp3) is 0.0588. The molecule has 0 saturated heterocycles. The van der Waals surface area contributed by atoms with Gasteiger partial charge in [-0.25, -0.2) is 0 Å². The lowest BCUT2D eigenvalue weighted by molar-refractivity contribution is -0.112. The first-order valence-corrected chi connectivity index (χ1v) is 8.96. The lowest BCUT2D eigenvalue weighted by Crippen LogP contribution is -2.15. The molecule has 9 nitrogen and oxygen atoms in total. The second-order valence-corrected chi connectivity index (χ2v) is 6.76. The van der Waals surface area contributed by atoms with Crippen LogP contribution < -0.4 is 20.1 Å². The Hall–Kier alpha value is -3.55. The Morgan fingerprint density at radius 3 is 2.67 bits per heavy atom. The third kappa shape index (κ3) is 4.35. The van der Waals surface area contributed by atoms with Gasteiger partial charge in [-0.1, -0.05) is 6.07 Å². The van der Waals surface area contributed by atoms with E-state index in [2.05, 4.69) is 10.6 Å². The van der Waals surface area contributed by atoms with Crippen LogP contribution in [0.3, 0.4) is 0 Å². The van der Waals surface area contributed by atoms with E-state index < -0.39 is 16.0 Å². The van der Waals surface area contributed by atoms with Crippen LogP contribution in [0.25, 0.3) is 0 Å². The molecule has 0 atom stereocenters. The predicted molar refractivity (Wildman–Crippen MR) is 94.8 cm³/mol. The maximum atomic E-state index is 12.2. The number of hydrogen-bond donors (Lipinski definition) is 3. The number of nitriles is 1. The van der Waals surface area contributed by atoms with Gasteiger partial charge < -0.3 is 20.1 Å². The molecule has 0 unspecified atom stereocenters. The van der Waals surface area contributed by atoms with Crippen LogP contribution in [0.2, 0.25) is 0 Å². The third-order valence-electron chi connectivity index (χ3n) is 3.51. The minimum Gasteiger partial charge on any atom is -0.454 e. The van der Waals surface area contributed by atoms with Crippen LogP contribution in [0, 0.1) is 11.3 Å². The topological polar surface area (TPSA) is 138 Å². The fourth-order valence-corrected chi connectivity index (χ4v) is 2.75.